The van der Waals surface area contributed by atoms with E-state index in [1.807, 2.05) is 0 Å². The minimum absolute atomic E-state index is 0.0203. The first kappa shape index (κ1) is 16.9. The predicted octanol–water partition coefficient (Wildman–Crippen LogP) is 3.10. The van der Waals surface area contributed by atoms with E-state index in [0.29, 0.717) is 22.4 Å². The SMILES string of the molecule is C=CCN=C1NC(=O)[C@H](CC(=O)Nc2cccc(Cl)c2Cl)S1. The Kier molecular flexibility index (Phi) is 5.88. The Bertz CT molecular complexity index is 649. The fourth-order valence-corrected chi connectivity index (χ4v) is 3.06. The summed E-state index contributed by atoms with van der Waals surface area (Å²) in [5, 5.41) is 5.90. The molecular weight excluding hydrogens is 345 g/mol. The van der Waals surface area contributed by atoms with Crippen LogP contribution in [0, 0.1) is 0 Å². The lowest BCUT2D eigenvalue weighted by Crippen LogP contribution is -2.28. The van der Waals surface area contributed by atoms with Crippen molar-refractivity contribution in [3.8, 4) is 0 Å². The number of anilines is 1. The van der Waals surface area contributed by atoms with Crippen molar-refractivity contribution in [2.24, 2.45) is 4.99 Å². The number of halogens is 2. The highest BCUT2D eigenvalue weighted by molar-refractivity contribution is 8.15. The molecule has 0 aliphatic carbocycles. The molecule has 2 N–H and O–H groups in total. The molecule has 1 fully saturated rings. The number of amidine groups is 1. The van der Waals surface area contributed by atoms with Gasteiger partial charge in [0.15, 0.2) is 5.17 Å². The highest BCUT2D eigenvalue weighted by Gasteiger charge is 2.32. The molecule has 1 aliphatic heterocycles. The largest absolute Gasteiger partial charge is 0.325 e. The Morgan fingerprint density at radius 3 is 3.00 bits per heavy atom. The maximum atomic E-state index is 12.0. The van der Waals surface area contributed by atoms with E-state index in [2.05, 4.69) is 22.2 Å². The molecule has 0 bridgehead atoms. The highest BCUT2D eigenvalue weighted by atomic mass is 35.5. The van der Waals surface area contributed by atoms with Gasteiger partial charge in [0.1, 0.15) is 5.25 Å². The molecule has 8 heteroatoms. The van der Waals surface area contributed by atoms with Crippen molar-refractivity contribution in [1.29, 1.82) is 0 Å². The zero-order chi connectivity index (χ0) is 16.1. The van der Waals surface area contributed by atoms with Crippen LogP contribution in [0.3, 0.4) is 0 Å². The van der Waals surface area contributed by atoms with Gasteiger partial charge in [0.05, 0.1) is 22.3 Å². The predicted molar refractivity (Wildman–Crippen MR) is 91.7 cm³/mol. The standard InChI is InChI=1S/C14H13Cl2N3O2S/c1-2-6-17-14-19-13(21)10(22-14)7-11(20)18-9-5-3-4-8(15)12(9)16/h2-5,10H,1,6-7H2,(H,18,20)(H,17,19,21)/t10-/m0/s1. The molecule has 0 radical (unpaired) electrons. The van der Waals surface area contributed by atoms with E-state index in [-0.39, 0.29) is 23.3 Å². The lowest BCUT2D eigenvalue weighted by Gasteiger charge is -2.09. The summed E-state index contributed by atoms with van der Waals surface area (Å²) in [7, 11) is 0. The number of hydrogen-bond acceptors (Lipinski definition) is 4. The van der Waals surface area contributed by atoms with Crippen molar-refractivity contribution < 1.29 is 9.59 Å². The summed E-state index contributed by atoms with van der Waals surface area (Å²) < 4.78 is 0. The van der Waals surface area contributed by atoms with Crippen molar-refractivity contribution in [1.82, 2.24) is 5.32 Å². The number of carbonyl (C=O) groups excluding carboxylic acids is 2. The molecule has 22 heavy (non-hydrogen) atoms. The smallest absolute Gasteiger partial charge is 0.240 e. The van der Waals surface area contributed by atoms with E-state index < -0.39 is 5.25 Å². The first-order chi connectivity index (χ1) is 10.5. The topological polar surface area (TPSA) is 70.6 Å². The van der Waals surface area contributed by atoms with Crippen LogP contribution in [-0.2, 0) is 9.59 Å². The van der Waals surface area contributed by atoms with E-state index >= 15 is 0 Å². The van der Waals surface area contributed by atoms with Gasteiger partial charge in [0.25, 0.3) is 0 Å². The number of nitrogens with one attached hydrogen (secondary N) is 2. The first-order valence-electron chi connectivity index (χ1n) is 6.38. The molecule has 2 rings (SSSR count). The van der Waals surface area contributed by atoms with Gasteiger partial charge < -0.3 is 10.6 Å². The molecule has 1 aliphatic rings. The van der Waals surface area contributed by atoms with Crippen LogP contribution in [0.1, 0.15) is 6.42 Å². The number of hydrogen-bond donors (Lipinski definition) is 2. The molecule has 1 heterocycles. The third kappa shape index (κ3) is 4.25. The van der Waals surface area contributed by atoms with Crippen LogP contribution in [0.25, 0.3) is 0 Å². The van der Waals surface area contributed by atoms with Gasteiger partial charge in [-0.05, 0) is 12.1 Å². The quantitative estimate of drug-likeness (QED) is 0.795. The van der Waals surface area contributed by atoms with Gasteiger partial charge in [-0.25, -0.2) is 0 Å². The van der Waals surface area contributed by atoms with Gasteiger partial charge in [-0.2, -0.15) is 0 Å². The maximum Gasteiger partial charge on any atom is 0.240 e. The number of carbonyl (C=O) groups is 2. The van der Waals surface area contributed by atoms with Crippen molar-refractivity contribution in [2.75, 3.05) is 11.9 Å². The van der Waals surface area contributed by atoms with Crippen LogP contribution in [0.2, 0.25) is 10.0 Å². The van der Waals surface area contributed by atoms with E-state index in [1.54, 1.807) is 24.3 Å². The summed E-state index contributed by atoms with van der Waals surface area (Å²) in [5.74, 6) is -0.554. The number of thioether (sulfide) groups is 1. The van der Waals surface area contributed by atoms with Gasteiger partial charge in [-0.3, -0.25) is 14.6 Å². The summed E-state index contributed by atoms with van der Waals surface area (Å²) in [6.45, 7) is 3.97. The second-order valence-corrected chi connectivity index (χ2v) is 6.36. The Morgan fingerprint density at radius 2 is 2.27 bits per heavy atom. The van der Waals surface area contributed by atoms with Gasteiger partial charge in [0, 0.05) is 6.42 Å². The number of amides is 2. The van der Waals surface area contributed by atoms with Crippen molar-refractivity contribution in [3.05, 3.63) is 40.9 Å². The third-order valence-corrected chi connectivity index (χ3v) is 4.68. The monoisotopic (exact) mass is 357 g/mol. The number of rotatable bonds is 5. The molecule has 1 saturated heterocycles. The third-order valence-electron chi connectivity index (χ3n) is 2.74. The molecule has 2 amide bonds. The minimum Gasteiger partial charge on any atom is -0.325 e. The fraction of sp³-hybridized carbons (Fsp3) is 0.214. The lowest BCUT2D eigenvalue weighted by molar-refractivity contribution is -0.122. The Hall–Kier alpha value is -1.50. The summed E-state index contributed by atoms with van der Waals surface area (Å²) in [6, 6.07) is 4.95. The Morgan fingerprint density at radius 1 is 1.50 bits per heavy atom. The van der Waals surface area contributed by atoms with E-state index in [1.165, 1.54) is 11.8 Å². The van der Waals surface area contributed by atoms with Crippen LogP contribution < -0.4 is 10.6 Å². The van der Waals surface area contributed by atoms with E-state index in [9.17, 15) is 9.59 Å². The van der Waals surface area contributed by atoms with Gasteiger partial charge in [0.2, 0.25) is 11.8 Å². The minimum atomic E-state index is -0.512. The summed E-state index contributed by atoms with van der Waals surface area (Å²) in [5.41, 5.74) is 0.420. The zero-order valence-corrected chi connectivity index (χ0v) is 13.8. The first-order valence-corrected chi connectivity index (χ1v) is 8.01. The molecule has 116 valence electrons. The van der Waals surface area contributed by atoms with Crippen LogP contribution >= 0.6 is 35.0 Å². The van der Waals surface area contributed by atoms with Gasteiger partial charge in [-0.15, -0.1) is 6.58 Å². The number of benzene rings is 1. The van der Waals surface area contributed by atoms with Crippen molar-refractivity contribution in [2.45, 2.75) is 11.7 Å². The number of aliphatic imine (C=N–C) groups is 1. The molecule has 0 spiro atoms. The average Bonchev–Trinajstić information content (AvgIpc) is 2.82. The van der Waals surface area contributed by atoms with E-state index in [0.717, 1.165) is 0 Å². The molecule has 1 aromatic carbocycles. The van der Waals surface area contributed by atoms with Gasteiger partial charge in [-0.1, -0.05) is 47.1 Å². The summed E-state index contributed by atoms with van der Waals surface area (Å²) in [4.78, 5) is 27.9. The molecule has 0 unspecified atom stereocenters. The highest BCUT2D eigenvalue weighted by Crippen LogP contribution is 2.30. The van der Waals surface area contributed by atoms with Crippen LogP contribution in [0.5, 0.6) is 0 Å². The maximum absolute atomic E-state index is 12.0. The lowest BCUT2D eigenvalue weighted by atomic mass is 10.2. The molecule has 0 aromatic heterocycles. The van der Waals surface area contributed by atoms with Crippen LogP contribution in [0.4, 0.5) is 5.69 Å². The van der Waals surface area contributed by atoms with Crippen LogP contribution in [0.15, 0.2) is 35.8 Å². The molecular formula is C14H13Cl2N3O2S. The summed E-state index contributed by atoms with van der Waals surface area (Å²) >= 11 is 13.1. The molecule has 1 aromatic rings. The molecule has 1 atom stereocenters. The zero-order valence-electron chi connectivity index (χ0n) is 11.4. The van der Waals surface area contributed by atoms with Crippen LogP contribution in [-0.4, -0.2) is 28.8 Å². The normalized spacial score (nSPS) is 19.1. The molecule has 5 nitrogen and oxygen atoms in total. The second kappa shape index (κ2) is 7.67. The fourth-order valence-electron chi connectivity index (χ4n) is 1.73. The average molecular weight is 358 g/mol. The Labute approximate surface area is 142 Å². The second-order valence-electron chi connectivity index (χ2n) is 4.38. The van der Waals surface area contributed by atoms with Crippen molar-refractivity contribution >= 4 is 57.6 Å². The van der Waals surface area contributed by atoms with Gasteiger partial charge >= 0.3 is 0 Å². The molecule has 0 saturated carbocycles. The Balaban J connectivity index is 1.96. The summed E-state index contributed by atoms with van der Waals surface area (Å²) in [6.07, 6.45) is 1.65. The van der Waals surface area contributed by atoms with Crippen molar-refractivity contribution in [3.63, 3.8) is 0 Å². The van der Waals surface area contributed by atoms with E-state index in [4.69, 9.17) is 23.2 Å². The number of nitrogens with zero attached hydrogens (tertiary/aromatic N) is 1.